The molecule has 0 heterocycles. The van der Waals surface area contributed by atoms with Crippen LogP contribution < -0.4 is 0 Å². The van der Waals surface area contributed by atoms with E-state index in [0.29, 0.717) is 10.8 Å². The predicted molar refractivity (Wildman–Crippen MR) is 87.8 cm³/mol. The number of hydrogen-bond acceptors (Lipinski definition) is 1. The van der Waals surface area contributed by atoms with E-state index < -0.39 is 0 Å². The molecule has 0 fully saturated rings. The maximum Gasteiger partial charge on any atom is -0.00160 e. The van der Waals surface area contributed by atoms with E-state index in [-0.39, 0.29) is 29.7 Å². The highest BCUT2D eigenvalue weighted by atomic mass is 32.2. The topological polar surface area (TPSA) is 0 Å². The third kappa shape index (κ3) is 19.9. The Hall–Kier alpha value is 0.350. The molecule has 0 aromatic rings. The monoisotopic (exact) mass is 252 g/mol. The zero-order valence-electron chi connectivity index (χ0n) is 9.53. The average molecular weight is 253 g/mol. The van der Waals surface area contributed by atoms with Crippen LogP contribution in [0.2, 0.25) is 0 Å². The summed E-state index contributed by atoms with van der Waals surface area (Å²) in [6.07, 6.45) is 1.31. The molecule has 0 aromatic heterocycles. The third-order valence-electron chi connectivity index (χ3n) is 1.71. The van der Waals surface area contributed by atoms with Crippen LogP contribution in [0, 0.1) is 10.8 Å². The fourth-order valence-electron chi connectivity index (χ4n) is 1.87. The van der Waals surface area contributed by atoms with Crippen LogP contribution in [0.4, 0.5) is 0 Å². The summed E-state index contributed by atoms with van der Waals surface area (Å²) in [7, 11) is 0. The molecule has 0 rings (SSSR count). The Labute approximate surface area is 112 Å². The van der Waals surface area contributed by atoms with E-state index in [4.69, 9.17) is 0 Å². The van der Waals surface area contributed by atoms with Gasteiger partial charge in [0.1, 0.15) is 0 Å². The van der Waals surface area contributed by atoms with Crippen molar-refractivity contribution < 1.29 is 0 Å². The van der Waals surface area contributed by atoms with Crippen LogP contribution in [0.25, 0.3) is 0 Å². The van der Waals surface area contributed by atoms with Gasteiger partial charge in [-0.15, -0.1) is 0 Å². The molecule has 0 amide bonds. The molecule has 0 spiro atoms. The summed E-state index contributed by atoms with van der Waals surface area (Å²) in [5.74, 6) is 2.54. The van der Waals surface area contributed by atoms with E-state index in [9.17, 15) is 0 Å². The second kappa shape index (κ2) is 11.8. The largest absolute Gasteiger partial charge is 0.162 e. The lowest BCUT2D eigenvalue weighted by atomic mass is 9.77. The number of thioether (sulfide) groups is 1. The van der Waals surface area contributed by atoms with Crippen molar-refractivity contribution in [1.29, 1.82) is 0 Å². The van der Waals surface area contributed by atoms with Crippen molar-refractivity contribution in [3.8, 4) is 0 Å². The first kappa shape index (κ1) is 29.9. The van der Waals surface area contributed by atoms with Crippen molar-refractivity contribution >= 4 is 11.8 Å². The van der Waals surface area contributed by atoms with Crippen LogP contribution in [0.1, 0.15) is 77.7 Å². The van der Waals surface area contributed by atoms with Crippen molar-refractivity contribution in [2.45, 2.75) is 77.7 Å². The van der Waals surface area contributed by atoms with Gasteiger partial charge >= 0.3 is 0 Å². The smallest absolute Gasteiger partial charge is 0.00160 e. The molecule has 0 aromatic carbocycles. The Balaban J connectivity index is -0.000000101. The average Bonchev–Trinajstić information content (AvgIpc) is 1.78. The summed E-state index contributed by atoms with van der Waals surface area (Å²) in [4.78, 5) is 0. The second-order valence-electron chi connectivity index (χ2n) is 5.54. The molecule has 0 aliphatic heterocycles. The lowest BCUT2D eigenvalue weighted by Crippen LogP contribution is -2.23. The van der Waals surface area contributed by atoms with Crippen molar-refractivity contribution in [1.82, 2.24) is 0 Å². The summed E-state index contributed by atoms with van der Waals surface area (Å²) < 4.78 is 0. The zero-order valence-corrected chi connectivity index (χ0v) is 10.3. The first-order valence-electron chi connectivity index (χ1n) is 4.85. The Bertz CT molecular complexity index is 120. The van der Waals surface area contributed by atoms with Gasteiger partial charge in [-0.05, 0) is 28.8 Å². The standard InChI is InChI=1S/C11H24S.4CH4/c1-7-12-9-11(5,6)8-10(2,3)4;;;;/h7-9H2,1-6H3;4*1H4. The van der Waals surface area contributed by atoms with Gasteiger partial charge < -0.3 is 0 Å². The molecule has 0 nitrogen and oxygen atoms in total. The van der Waals surface area contributed by atoms with Crippen LogP contribution >= 0.6 is 11.8 Å². The fourth-order valence-corrected chi connectivity index (χ4v) is 2.72. The molecule has 0 saturated heterocycles. The van der Waals surface area contributed by atoms with Crippen molar-refractivity contribution in [3.63, 3.8) is 0 Å². The second-order valence-corrected chi connectivity index (χ2v) is 6.81. The highest BCUT2D eigenvalue weighted by molar-refractivity contribution is 7.99. The van der Waals surface area contributed by atoms with Gasteiger partial charge in [-0.25, -0.2) is 0 Å². The molecule has 16 heavy (non-hydrogen) atoms. The molecule has 0 N–H and O–H groups in total. The quantitative estimate of drug-likeness (QED) is 0.533. The minimum Gasteiger partial charge on any atom is -0.162 e. The van der Waals surface area contributed by atoms with E-state index >= 15 is 0 Å². The molecular formula is C15H40S. The van der Waals surface area contributed by atoms with Gasteiger partial charge in [0.15, 0.2) is 0 Å². The fraction of sp³-hybridized carbons (Fsp3) is 1.00. The van der Waals surface area contributed by atoms with Gasteiger partial charge in [-0.3, -0.25) is 0 Å². The predicted octanol–water partition coefficient (Wildman–Crippen LogP) is 6.75. The molecule has 0 unspecified atom stereocenters. The molecule has 0 saturated carbocycles. The van der Waals surface area contributed by atoms with Crippen molar-refractivity contribution in [2.75, 3.05) is 11.5 Å². The summed E-state index contributed by atoms with van der Waals surface area (Å²) in [5.41, 5.74) is 0.969. The van der Waals surface area contributed by atoms with Gasteiger partial charge in [-0.2, -0.15) is 11.8 Å². The highest BCUT2D eigenvalue weighted by Gasteiger charge is 2.24. The summed E-state index contributed by atoms with van der Waals surface area (Å²) in [5, 5.41) is 0. The Morgan fingerprint density at radius 2 is 1.19 bits per heavy atom. The van der Waals surface area contributed by atoms with Gasteiger partial charge in [0.05, 0.1) is 0 Å². The van der Waals surface area contributed by atoms with E-state index in [1.165, 1.54) is 17.9 Å². The van der Waals surface area contributed by atoms with Crippen LogP contribution in [-0.2, 0) is 0 Å². The SMILES string of the molecule is C.C.C.C.CCSCC(C)(C)CC(C)(C)C. The van der Waals surface area contributed by atoms with E-state index in [2.05, 4.69) is 53.3 Å². The van der Waals surface area contributed by atoms with Gasteiger partial charge in [0, 0.05) is 0 Å². The first-order valence-corrected chi connectivity index (χ1v) is 6.00. The molecule has 0 aliphatic carbocycles. The molecule has 0 aliphatic rings. The van der Waals surface area contributed by atoms with Gasteiger partial charge in [0.2, 0.25) is 0 Å². The maximum atomic E-state index is 2.38. The van der Waals surface area contributed by atoms with Crippen LogP contribution in [0.3, 0.4) is 0 Å². The summed E-state index contributed by atoms with van der Waals surface area (Å²) >= 11 is 2.06. The molecule has 1 heteroatoms. The number of hydrogen-bond donors (Lipinski definition) is 0. The third-order valence-corrected chi connectivity index (χ3v) is 3.10. The highest BCUT2D eigenvalue weighted by Crippen LogP contribution is 2.35. The van der Waals surface area contributed by atoms with Crippen LogP contribution in [0.15, 0.2) is 0 Å². The minimum atomic E-state index is 0. The Kier molecular flexibility index (Phi) is 22.1. The van der Waals surface area contributed by atoms with Crippen LogP contribution in [0.5, 0.6) is 0 Å². The maximum absolute atomic E-state index is 2.38. The normalized spacial score (nSPS) is 10.1. The lowest BCUT2D eigenvalue weighted by Gasteiger charge is -2.32. The van der Waals surface area contributed by atoms with Gasteiger partial charge in [-0.1, -0.05) is 71.2 Å². The lowest BCUT2D eigenvalue weighted by molar-refractivity contribution is 0.238. The van der Waals surface area contributed by atoms with E-state index in [0.717, 1.165) is 0 Å². The van der Waals surface area contributed by atoms with E-state index in [1.807, 2.05) is 0 Å². The Morgan fingerprint density at radius 3 is 1.44 bits per heavy atom. The molecule has 0 bridgehead atoms. The van der Waals surface area contributed by atoms with Gasteiger partial charge in [0.25, 0.3) is 0 Å². The first-order chi connectivity index (χ1) is 5.27. The van der Waals surface area contributed by atoms with E-state index in [1.54, 1.807) is 0 Å². The molecule has 0 radical (unpaired) electrons. The Morgan fingerprint density at radius 1 is 0.812 bits per heavy atom. The zero-order chi connectivity index (χ0) is 9.83. The van der Waals surface area contributed by atoms with Crippen molar-refractivity contribution in [2.24, 2.45) is 10.8 Å². The molecule has 106 valence electrons. The molecule has 0 atom stereocenters. The molecular weight excluding hydrogens is 212 g/mol. The number of rotatable bonds is 4. The summed E-state index contributed by atoms with van der Waals surface area (Å²) in [6, 6.07) is 0. The van der Waals surface area contributed by atoms with Crippen molar-refractivity contribution in [3.05, 3.63) is 0 Å². The summed E-state index contributed by atoms with van der Waals surface area (Å²) in [6.45, 7) is 14.0. The van der Waals surface area contributed by atoms with Crippen LogP contribution in [-0.4, -0.2) is 11.5 Å². The minimum absolute atomic E-state index is 0.